The zero-order valence-corrected chi connectivity index (χ0v) is 15.2. The fourth-order valence-electron chi connectivity index (χ4n) is 3.15. The minimum atomic E-state index is -0.895. The first-order chi connectivity index (χ1) is 12.5. The van der Waals surface area contributed by atoms with Gasteiger partial charge in [0.05, 0.1) is 33.4 Å². The molecule has 6 nitrogen and oxygen atoms in total. The van der Waals surface area contributed by atoms with Gasteiger partial charge in [0.15, 0.2) is 11.5 Å². The van der Waals surface area contributed by atoms with Gasteiger partial charge in [0, 0.05) is 22.5 Å². The van der Waals surface area contributed by atoms with Crippen molar-refractivity contribution in [2.24, 2.45) is 0 Å². The first kappa shape index (κ1) is 17.7. The number of aliphatic carboxylic acids is 1. The molecular weight excluding hydrogens is 334 g/mol. The number of hydrogen-bond donors (Lipinski definition) is 2. The highest BCUT2D eigenvalue weighted by Gasteiger charge is 2.21. The Bertz CT molecular complexity index is 974. The number of ether oxygens (including phenoxy) is 3. The molecule has 3 rings (SSSR count). The van der Waals surface area contributed by atoms with Crippen molar-refractivity contribution in [2.45, 2.75) is 13.3 Å². The normalized spacial score (nSPS) is 10.8. The number of methoxy groups -OCH3 is 3. The summed E-state index contributed by atoms with van der Waals surface area (Å²) in [5.74, 6) is 0.755. The van der Waals surface area contributed by atoms with Gasteiger partial charge in [0.25, 0.3) is 0 Å². The number of nitrogens with one attached hydrogen (secondary N) is 1. The molecule has 0 saturated heterocycles. The van der Waals surface area contributed by atoms with Crippen molar-refractivity contribution < 1.29 is 24.1 Å². The molecule has 0 fully saturated rings. The molecule has 0 saturated carbocycles. The van der Waals surface area contributed by atoms with Gasteiger partial charge in [-0.05, 0) is 30.7 Å². The summed E-state index contributed by atoms with van der Waals surface area (Å²) in [7, 11) is 4.67. The third-order valence-electron chi connectivity index (χ3n) is 4.36. The van der Waals surface area contributed by atoms with E-state index in [0.717, 1.165) is 22.0 Å². The fourth-order valence-corrected chi connectivity index (χ4v) is 3.15. The van der Waals surface area contributed by atoms with E-state index in [4.69, 9.17) is 14.2 Å². The van der Waals surface area contributed by atoms with Crippen molar-refractivity contribution >= 4 is 16.9 Å². The maximum absolute atomic E-state index is 11.5. The van der Waals surface area contributed by atoms with Crippen molar-refractivity contribution in [2.75, 3.05) is 21.3 Å². The minimum absolute atomic E-state index is 0.101. The van der Waals surface area contributed by atoms with Crippen LogP contribution in [0, 0.1) is 6.92 Å². The average Bonchev–Trinajstić information content (AvgIpc) is 2.97. The highest BCUT2D eigenvalue weighted by molar-refractivity contribution is 5.95. The molecule has 6 heteroatoms. The molecular formula is C20H21NO5. The molecule has 3 aromatic rings. The van der Waals surface area contributed by atoms with Crippen LogP contribution in [0.25, 0.3) is 22.2 Å². The number of H-pyrrole nitrogens is 1. The van der Waals surface area contributed by atoms with Gasteiger partial charge in [0.2, 0.25) is 0 Å². The summed E-state index contributed by atoms with van der Waals surface area (Å²) in [6.45, 7) is 1.98. The predicted octanol–water partition coefficient (Wildman–Crippen LogP) is 3.80. The van der Waals surface area contributed by atoms with E-state index in [-0.39, 0.29) is 6.42 Å². The maximum Gasteiger partial charge on any atom is 0.307 e. The Morgan fingerprint density at radius 2 is 1.65 bits per heavy atom. The third kappa shape index (κ3) is 3.06. The molecule has 0 spiro atoms. The van der Waals surface area contributed by atoms with Gasteiger partial charge in [-0.15, -0.1) is 0 Å². The van der Waals surface area contributed by atoms with E-state index in [9.17, 15) is 9.90 Å². The van der Waals surface area contributed by atoms with Crippen LogP contribution in [0.3, 0.4) is 0 Å². The van der Waals surface area contributed by atoms with Crippen LogP contribution in [0.5, 0.6) is 17.2 Å². The predicted molar refractivity (Wildman–Crippen MR) is 99.5 cm³/mol. The topological polar surface area (TPSA) is 80.8 Å². The van der Waals surface area contributed by atoms with Gasteiger partial charge in [-0.1, -0.05) is 11.6 Å². The Labute approximate surface area is 151 Å². The lowest BCUT2D eigenvalue weighted by molar-refractivity contribution is -0.136. The first-order valence-electron chi connectivity index (χ1n) is 8.11. The van der Waals surface area contributed by atoms with Crippen molar-refractivity contribution in [3.8, 4) is 28.5 Å². The SMILES string of the molecule is COc1cc(OC)c(-c2[nH]c3ccc(C)cc3c2CC(=O)O)cc1OC. The van der Waals surface area contributed by atoms with E-state index < -0.39 is 5.97 Å². The van der Waals surface area contributed by atoms with E-state index in [0.29, 0.717) is 28.5 Å². The van der Waals surface area contributed by atoms with Gasteiger partial charge in [-0.2, -0.15) is 0 Å². The van der Waals surface area contributed by atoms with Gasteiger partial charge in [0.1, 0.15) is 5.75 Å². The molecule has 26 heavy (non-hydrogen) atoms. The fraction of sp³-hybridized carbons (Fsp3) is 0.250. The van der Waals surface area contributed by atoms with Crippen molar-refractivity contribution in [3.63, 3.8) is 0 Å². The zero-order valence-electron chi connectivity index (χ0n) is 15.2. The van der Waals surface area contributed by atoms with Gasteiger partial charge in [-0.3, -0.25) is 4.79 Å². The summed E-state index contributed by atoms with van der Waals surface area (Å²) in [5.41, 5.74) is 4.07. The van der Waals surface area contributed by atoms with Crippen LogP contribution in [-0.4, -0.2) is 37.4 Å². The monoisotopic (exact) mass is 355 g/mol. The van der Waals surface area contributed by atoms with Crippen molar-refractivity contribution in [3.05, 3.63) is 41.5 Å². The standard InChI is InChI=1S/C20H21NO5/c1-11-5-6-15-12(7-11)13(9-19(22)23)20(21-15)14-8-17(25-3)18(26-4)10-16(14)24-2/h5-8,10,21H,9H2,1-4H3,(H,22,23). The van der Waals surface area contributed by atoms with Crippen LogP contribution in [-0.2, 0) is 11.2 Å². The molecule has 0 bridgehead atoms. The van der Waals surface area contributed by atoms with Gasteiger partial charge < -0.3 is 24.3 Å². The number of fused-ring (bicyclic) bond motifs is 1. The van der Waals surface area contributed by atoms with Crippen molar-refractivity contribution in [1.29, 1.82) is 0 Å². The van der Waals surface area contributed by atoms with Crippen LogP contribution in [0.2, 0.25) is 0 Å². The molecule has 136 valence electrons. The van der Waals surface area contributed by atoms with Gasteiger partial charge in [-0.25, -0.2) is 0 Å². The van der Waals surface area contributed by atoms with Crippen LogP contribution in [0.4, 0.5) is 0 Å². The maximum atomic E-state index is 11.5. The second kappa shape index (κ2) is 7.00. The Morgan fingerprint density at radius 3 is 2.27 bits per heavy atom. The number of benzene rings is 2. The molecule has 0 aliphatic heterocycles. The quantitative estimate of drug-likeness (QED) is 0.703. The van der Waals surface area contributed by atoms with Gasteiger partial charge >= 0.3 is 5.97 Å². The lowest BCUT2D eigenvalue weighted by atomic mass is 10.0. The summed E-state index contributed by atoms with van der Waals surface area (Å²) < 4.78 is 16.2. The lowest BCUT2D eigenvalue weighted by Crippen LogP contribution is -2.02. The number of hydrogen-bond acceptors (Lipinski definition) is 4. The molecule has 0 atom stereocenters. The van der Waals surface area contributed by atoms with Crippen LogP contribution < -0.4 is 14.2 Å². The second-order valence-electron chi connectivity index (χ2n) is 6.01. The second-order valence-corrected chi connectivity index (χ2v) is 6.01. The smallest absolute Gasteiger partial charge is 0.307 e. The summed E-state index contributed by atoms with van der Waals surface area (Å²) in [6, 6.07) is 9.45. The summed E-state index contributed by atoms with van der Waals surface area (Å²) >= 11 is 0. The van der Waals surface area contributed by atoms with Crippen molar-refractivity contribution in [1.82, 2.24) is 4.98 Å². The Balaban J connectivity index is 2.32. The molecule has 1 aromatic heterocycles. The molecule has 2 N–H and O–H groups in total. The molecule has 0 aliphatic carbocycles. The lowest BCUT2D eigenvalue weighted by Gasteiger charge is -2.14. The Hall–Kier alpha value is -3.15. The van der Waals surface area contributed by atoms with Crippen LogP contribution in [0.1, 0.15) is 11.1 Å². The Morgan fingerprint density at radius 1 is 1.00 bits per heavy atom. The van der Waals surface area contributed by atoms with E-state index in [1.54, 1.807) is 33.5 Å². The van der Waals surface area contributed by atoms with E-state index in [2.05, 4.69) is 4.98 Å². The summed E-state index contributed by atoms with van der Waals surface area (Å²) in [4.78, 5) is 14.8. The summed E-state index contributed by atoms with van der Waals surface area (Å²) in [5, 5.41) is 10.3. The van der Waals surface area contributed by atoms with Crippen LogP contribution >= 0.6 is 0 Å². The molecule has 1 heterocycles. The molecule has 0 aliphatic rings. The van der Waals surface area contributed by atoms with E-state index in [1.165, 1.54) is 0 Å². The third-order valence-corrected chi connectivity index (χ3v) is 4.36. The molecule has 0 radical (unpaired) electrons. The zero-order chi connectivity index (χ0) is 18.8. The number of rotatable bonds is 6. The van der Waals surface area contributed by atoms with E-state index in [1.807, 2.05) is 25.1 Å². The Kier molecular flexibility index (Phi) is 4.75. The minimum Gasteiger partial charge on any atom is -0.496 e. The summed E-state index contributed by atoms with van der Waals surface area (Å²) in [6.07, 6.45) is -0.101. The molecule has 0 unspecified atom stereocenters. The highest BCUT2D eigenvalue weighted by atomic mass is 16.5. The number of aromatic nitrogens is 1. The number of aromatic amines is 1. The number of aryl methyl sites for hydroxylation is 1. The largest absolute Gasteiger partial charge is 0.496 e. The van der Waals surface area contributed by atoms with E-state index >= 15 is 0 Å². The highest BCUT2D eigenvalue weighted by Crippen LogP contribution is 2.42. The number of carbonyl (C=O) groups is 1. The van der Waals surface area contributed by atoms with Crippen LogP contribution in [0.15, 0.2) is 30.3 Å². The average molecular weight is 355 g/mol. The first-order valence-corrected chi connectivity index (χ1v) is 8.11. The molecule has 2 aromatic carbocycles. The molecule has 0 amide bonds. The number of carboxylic acids is 1. The number of carboxylic acid groups (broad SMARTS) is 1.